The quantitative estimate of drug-likeness (QED) is 0.797. The Morgan fingerprint density at radius 2 is 2.07 bits per heavy atom. The molecule has 2 N–H and O–H groups in total. The summed E-state index contributed by atoms with van der Waals surface area (Å²) in [5, 5.41) is 1.11. The van der Waals surface area contributed by atoms with Crippen molar-refractivity contribution < 1.29 is 0 Å². The molecule has 1 aliphatic carbocycles. The van der Waals surface area contributed by atoms with Crippen LogP contribution in [-0.2, 0) is 0 Å². The summed E-state index contributed by atoms with van der Waals surface area (Å²) in [7, 11) is 0. The molecule has 0 unspecified atom stereocenters. The number of thioether (sulfide) groups is 1. The molecule has 1 aromatic rings. The molecule has 0 aliphatic heterocycles. The van der Waals surface area contributed by atoms with Crippen molar-refractivity contribution >= 4 is 17.4 Å². The molecule has 1 aromatic heterocycles. The van der Waals surface area contributed by atoms with E-state index < -0.39 is 0 Å². The number of rotatable bonds is 3. The van der Waals surface area contributed by atoms with E-state index in [4.69, 9.17) is 5.73 Å². The Labute approximate surface area is 95.7 Å². The lowest BCUT2D eigenvalue weighted by Gasteiger charge is -2.20. The van der Waals surface area contributed by atoms with Gasteiger partial charge in [0.25, 0.3) is 0 Å². The van der Waals surface area contributed by atoms with Crippen LogP contribution in [0.4, 0.5) is 5.69 Å². The number of pyridine rings is 1. The van der Waals surface area contributed by atoms with Gasteiger partial charge in [-0.15, -0.1) is 11.8 Å². The summed E-state index contributed by atoms with van der Waals surface area (Å²) in [6.07, 6.45) is 8.81. The van der Waals surface area contributed by atoms with E-state index in [0.717, 1.165) is 16.6 Å². The van der Waals surface area contributed by atoms with Crippen molar-refractivity contribution in [3.8, 4) is 0 Å². The van der Waals surface area contributed by atoms with Crippen LogP contribution < -0.4 is 5.73 Å². The lowest BCUT2D eigenvalue weighted by atomic mass is 9.91. The van der Waals surface area contributed by atoms with Crippen molar-refractivity contribution in [3.05, 3.63) is 18.3 Å². The molecular weight excluding hydrogens is 204 g/mol. The molecule has 0 spiro atoms. The Kier molecular flexibility index (Phi) is 3.89. The summed E-state index contributed by atoms with van der Waals surface area (Å²) in [5.41, 5.74) is 6.34. The van der Waals surface area contributed by atoms with Gasteiger partial charge in [-0.05, 0) is 30.9 Å². The van der Waals surface area contributed by atoms with Crippen LogP contribution in [0.25, 0.3) is 0 Å². The van der Waals surface area contributed by atoms with E-state index >= 15 is 0 Å². The van der Waals surface area contributed by atoms with Gasteiger partial charge in [-0.3, -0.25) is 0 Å². The highest BCUT2D eigenvalue weighted by Crippen LogP contribution is 2.29. The summed E-state index contributed by atoms with van der Waals surface area (Å²) in [4.78, 5) is 4.30. The molecule has 1 heterocycles. The second kappa shape index (κ2) is 5.40. The van der Waals surface area contributed by atoms with Gasteiger partial charge in [0.05, 0.1) is 16.9 Å². The van der Waals surface area contributed by atoms with Gasteiger partial charge in [0, 0.05) is 5.75 Å². The van der Waals surface area contributed by atoms with E-state index in [1.807, 2.05) is 23.9 Å². The zero-order valence-electron chi connectivity index (χ0n) is 8.98. The minimum Gasteiger partial charge on any atom is -0.397 e. The first kappa shape index (κ1) is 10.8. The van der Waals surface area contributed by atoms with Crippen LogP contribution >= 0.6 is 11.8 Å². The lowest BCUT2D eigenvalue weighted by Crippen LogP contribution is -2.08. The van der Waals surface area contributed by atoms with E-state index in [-0.39, 0.29) is 0 Å². The Morgan fingerprint density at radius 1 is 1.27 bits per heavy atom. The normalized spacial score (nSPS) is 17.9. The van der Waals surface area contributed by atoms with Crippen LogP contribution in [-0.4, -0.2) is 10.7 Å². The number of nitrogens with zero attached hydrogens (tertiary/aromatic N) is 1. The predicted molar refractivity (Wildman–Crippen MR) is 65.9 cm³/mol. The van der Waals surface area contributed by atoms with Crippen molar-refractivity contribution in [2.45, 2.75) is 37.1 Å². The topological polar surface area (TPSA) is 38.9 Å². The molecule has 0 atom stereocenters. The summed E-state index contributed by atoms with van der Waals surface area (Å²) >= 11 is 1.87. The first-order valence-corrected chi connectivity index (χ1v) is 6.67. The number of hydrogen-bond acceptors (Lipinski definition) is 3. The van der Waals surface area contributed by atoms with Crippen LogP contribution in [0.1, 0.15) is 32.1 Å². The largest absolute Gasteiger partial charge is 0.397 e. The standard InChI is InChI=1S/C12H18N2S/c13-11-6-7-12(14-8-11)15-9-10-4-2-1-3-5-10/h6-8,10H,1-5,9,13H2. The van der Waals surface area contributed by atoms with Gasteiger partial charge in [-0.25, -0.2) is 4.98 Å². The van der Waals surface area contributed by atoms with Crippen molar-refractivity contribution in [1.29, 1.82) is 0 Å². The zero-order chi connectivity index (χ0) is 10.5. The van der Waals surface area contributed by atoms with Crippen LogP contribution in [0.2, 0.25) is 0 Å². The van der Waals surface area contributed by atoms with Crippen LogP contribution in [0.5, 0.6) is 0 Å². The maximum absolute atomic E-state index is 5.59. The molecule has 0 aromatic carbocycles. The first-order valence-electron chi connectivity index (χ1n) is 5.69. The highest BCUT2D eigenvalue weighted by Gasteiger charge is 2.13. The Morgan fingerprint density at radius 3 is 2.73 bits per heavy atom. The molecule has 1 aliphatic rings. The fraction of sp³-hybridized carbons (Fsp3) is 0.583. The SMILES string of the molecule is Nc1ccc(SCC2CCCCC2)nc1. The third-order valence-corrected chi connectivity index (χ3v) is 4.13. The molecule has 0 saturated heterocycles. The van der Waals surface area contributed by atoms with Gasteiger partial charge >= 0.3 is 0 Å². The maximum Gasteiger partial charge on any atom is 0.0961 e. The summed E-state index contributed by atoms with van der Waals surface area (Å²) in [6, 6.07) is 3.94. The third kappa shape index (κ3) is 3.42. The highest BCUT2D eigenvalue weighted by molar-refractivity contribution is 7.99. The van der Waals surface area contributed by atoms with Gasteiger partial charge in [0.15, 0.2) is 0 Å². The first-order chi connectivity index (χ1) is 7.34. The minimum absolute atomic E-state index is 0.747. The van der Waals surface area contributed by atoms with Crippen molar-refractivity contribution in [3.63, 3.8) is 0 Å². The Bertz CT molecular complexity index is 291. The van der Waals surface area contributed by atoms with Gasteiger partial charge < -0.3 is 5.73 Å². The number of nitrogens with two attached hydrogens (primary N) is 1. The molecule has 2 rings (SSSR count). The predicted octanol–water partition coefficient (Wildman–Crippen LogP) is 3.34. The molecule has 0 radical (unpaired) electrons. The zero-order valence-corrected chi connectivity index (χ0v) is 9.80. The third-order valence-electron chi connectivity index (χ3n) is 2.95. The lowest BCUT2D eigenvalue weighted by molar-refractivity contribution is 0.391. The molecule has 82 valence electrons. The van der Waals surface area contributed by atoms with Crippen molar-refractivity contribution in [2.24, 2.45) is 5.92 Å². The Hall–Kier alpha value is -0.700. The fourth-order valence-electron chi connectivity index (χ4n) is 2.03. The minimum atomic E-state index is 0.747. The van der Waals surface area contributed by atoms with E-state index in [9.17, 15) is 0 Å². The average molecular weight is 222 g/mol. The number of anilines is 1. The van der Waals surface area contributed by atoms with E-state index in [2.05, 4.69) is 4.98 Å². The smallest absolute Gasteiger partial charge is 0.0961 e. The summed E-state index contributed by atoms with van der Waals surface area (Å²) in [5.74, 6) is 2.12. The Balaban J connectivity index is 1.79. The van der Waals surface area contributed by atoms with Gasteiger partial charge in [0.1, 0.15) is 0 Å². The molecule has 3 heteroatoms. The second-order valence-corrected chi connectivity index (χ2v) is 5.29. The molecular formula is C12H18N2S. The van der Waals surface area contributed by atoms with Crippen LogP contribution in [0.15, 0.2) is 23.4 Å². The summed E-state index contributed by atoms with van der Waals surface area (Å²) in [6.45, 7) is 0. The van der Waals surface area contributed by atoms with Crippen molar-refractivity contribution in [1.82, 2.24) is 4.98 Å². The number of aromatic nitrogens is 1. The maximum atomic E-state index is 5.59. The van der Waals surface area contributed by atoms with Crippen molar-refractivity contribution in [2.75, 3.05) is 11.5 Å². The summed E-state index contributed by atoms with van der Waals surface area (Å²) < 4.78 is 0. The second-order valence-electron chi connectivity index (χ2n) is 4.24. The number of nitrogen functional groups attached to an aromatic ring is 1. The van der Waals surface area contributed by atoms with Gasteiger partial charge in [0.2, 0.25) is 0 Å². The monoisotopic (exact) mass is 222 g/mol. The molecule has 0 bridgehead atoms. The molecule has 15 heavy (non-hydrogen) atoms. The van der Waals surface area contributed by atoms with E-state index in [0.29, 0.717) is 0 Å². The van der Waals surface area contributed by atoms with Gasteiger partial charge in [-0.2, -0.15) is 0 Å². The molecule has 1 fully saturated rings. The molecule has 2 nitrogen and oxygen atoms in total. The fourth-order valence-corrected chi connectivity index (χ4v) is 3.07. The van der Waals surface area contributed by atoms with Crippen LogP contribution in [0.3, 0.4) is 0 Å². The van der Waals surface area contributed by atoms with E-state index in [1.165, 1.54) is 37.9 Å². The number of hydrogen-bond donors (Lipinski definition) is 1. The molecule has 0 amide bonds. The average Bonchev–Trinajstić information content (AvgIpc) is 2.30. The van der Waals surface area contributed by atoms with E-state index in [1.54, 1.807) is 6.20 Å². The molecule has 1 saturated carbocycles. The highest BCUT2D eigenvalue weighted by atomic mass is 32.2. The van der Waals surface area contributed by atoms with Crippen LogP contribution in [0, 0.1) is 5.92 Å². The van der Waals surface area contributed by atoms with Gasteiger partial charge in [-0.1, -0.05) is 19.3 Å².